The zero-order valence-corrected chi connectivity index (χ0v) is 16.8. The number of nitrogens with zero attached hydrogens (tertiary/aromatic N) is 2. The molecule has 0 amide bonds. The third kappa shape index (κ3) is 3.34. The quantitative estimate of drug-likeness (QED) is 0.536. The molecule has 0 bridgehead atoms. The molecular formula is C24H21ClN2O2. The highest BCUT2D eigenvalue weighted by molar-refractivity contribution is 6.30. The van der Waals surface area contributed by atoms with Crippen LogP contribution in [0.1, 0.15) is 42.3 Å². The highest BCUT2D eigenvalue weighted by atomic mass is 35.5. The minimum atomic E-state index is -0.302. The van der Waals surface area contributed by atoms with Gasteiger partial charge in [0, 0.05) is 22.6 Å². The number of hydrogen-bond acceptors (Lipinski definition) is 4. The standard InChI is InChI=1S/C24H21ClN2O2/c1-2-28-19-12-13-23-20(14-19)22-15-21(16-6-4-3-5-7-16)26-27(22)24(29-23)17-8-10-18(25)11-9-17/h3-14,22,24H,2,15H2,1H3/t22-,24+/m0/s1. The van der Waals surface area contributed by atoms with Gasteiger partial charge in [0.15, 0.2) is 0 Å². The van der Waals surface area contributed by atoms with Crippen LogP contribution in [0.15, 0.2) is 77.9 Å². The largest absolute Gasteiger partial charge is 0.494 e. The van der Waals surface area contributed by atoms with Gasteiger partial charge in [-0.25, -0.2) is 5.01 Å². The van der Waals surface area contributed by atoms with Gasteiger partial charge in [0.1, 0.15) is 11.5 Å². The van der Waals surface area contributed by atoms with Gasteiger partial charge in [-0.2, -0.15) is 5.10 Å². The van der Waals surface area contributed by atoms with Crippen LogP contribution >= 0.6 is 11.6 Å². The molecule has 3 aromatic rings. The Kier molecular flexibility index (Phi) is 4.64. The van der Waals surface area contributed by atoms with Gasteiger partial charge in [0.2, 0.25) is 6.23 Å². The summed E-state index contributed by atoms with van der Waals surface area (Å²) in [6, 6.07) is 24.2. The number of hydrazone groups is 1. The van der Waals surface area contributed by atoms with E-state index in [-0.39, 0.29) is 12.3 Å². The molecule has 2 aliphatic rings. The fourth-order valence-corrected chi connectivity index (χ4v) is 4.10. The van der Waals surface area contributed by atoms with E-state index in [1.165, 1.54) is 0 Å². The minimum Gasteiger partial charge on any atom is -0.494 e. The van der Waals surface area contributed by atoms with Crippen LogP contribution in [0, 0.1) is 0 Å². The molecule has 146 valence electrons. The lowest BCUT2D eigenvalue weighted by atomic mass is 9.95. The van der Waals surface area contributed by atoms with Gasteiger partial charge in [0.25, 0.3) is 0 Å². The van der Waals surface area contributed by atoms with Crippen LogP contribution in [-0.4, -0.2) is 17.3 Å². The minimum absolute atomic E-state index is 0.0926. The molecule has 2 atom stereocenters. The smallest absolute Gasteiger partial charge is 0.213 e. The van der Waals surface area contributed by atoms with Crippen molar-refractivity contribution < 1.29 is 9.47 Å². The Morgan fingerprint density at radius 2 is 1.86 bits per heavy atom. The molecule has 0 saturated carbocycles. The third-order valence-corrected chi connectivity index (χ3v) is 5.59. The molecule has 0 unspecified atom stereocenters. The molecule has 2 aliphatic heterocycles. The van der Waals surface area contributed by atoms with E-state index in [0.717, 1.165) is 40.3 Å². The summed E-state index contributed by atoms with van der Waals surface area (Å²) in [5.74, 6) is 1.73. The van der Waals surface area contributed by atoms with Gasteiger partial charge in [-0.1, -0.05) is 54.1 Å². The lowest BCUT2D eigenvalue weighted by molar-refractivity contribution is -0.0191. The maximum absolute atomic E-state index is 6.41. The normalized spacial score (nSPS) is 19.8. The van der Waals surface area contributed by atoms with Crippen LogP contribution in [0.5, 0.6) is 11.5 Å². The van der Waals surface area contributed by atoms with Crippen molar-refractivity contribution in [2.24, 2.45) is 5.10 Å². The second kappa shape index (κ2) is 7.45. The van der Waals surface area contributed by atoms with Gasteiger partial charge in [0.05, 0.1) is 18.4 Å². The Morgan fingerprint density at radius 3 is 2.62 bits per heavy atom. The van der Waals surface area contributed by atoms with E-state index in [9.17, 15) is 0 Å². The summed E-state index contributed by atoms with van der Waals surface area (Å²) in [7, 11) is 0. The van der Waals surface area contributed by atoms with E-state index in [2.05, 4.69) is 23.2 Å². The van der Waals surface area contributed by atoms with Crippen molar-refractivity contribution in [2.45, 2.75) is 25.6 Å². The summed E-state index contributed by atoms with van der Waals surface area (Å²) in [6.07, 6.45) is 0.518. The number of ether oxygens (including phenoxy) is 2. The highest BCUT2D eigenvalue weighted by Gasteiger charge is 2.41. The van der Waals surface area contributed by atoms with E-state index in [4.69, 9.17) is 26.2 Å². The zero-order chi connectivity index (χ0) is 19.8. The fourth-order valence-electron chi connectivity index (χ4n) is 3.97. The molecule has 0 spiro atoms. The van der Waals surface area contributed by atoms with Gasteiger partial charge >= 0.3 is 0 Å². The van der Waals surface area contributed by atoms with Crippen LogP contribution < -0.4 is 9.47 Å². The van der Waals surface area contributed by atoms with Crippen molar-refractivity contribution in [3.05, 3.63) is 94.5 Å². The summed E-state index contributed by atoms with van der Waals surface area (Å²) in [5, 5.41) is 7.77. The maximum atomic E-state index is 6.41. The van der Waals surface area contributed by atoms with Crippen molar-refractivity contribution >= 4 is 17.3 Å². The van der Waals surface area contributed by atoms with Gasteiger partial charge in [-0.15, -0.1) is 0 Å². The first kappa shape index (κ1) is 18.1. The number of fused-ring (bicyclic) bond motifs is 3. The SMILES string of the molecule is CCOc1ccc2c(c1)[C@@H]1CC(c3ccccc3)=NN1[C@@H](c1ccc(Cl)cc1)O2. The van der Waals surface area contributed by atoms with Crippen LogP contribution in [0.4, 0.5) is 0 Å². The summed E-state index contributed by atoms with van der Waals surface area (Å²) in [5.41, 5.74) is 4.33. The molecule has 0 aromatic heterocycles. The van der Waals surface area contributed by atoms with Crippen molar-refractivity contribution in [3.8, 4) is 11.5 Å². The fraction of sp³-hybridized carbons (Fsp3) is 0.208. The number of benzene rings is 3. The van der Waals surface area contributed by atoms with E-state index < -0.39 is 0 Å². The monoisotopic (exact) mass is 404 g/mol. The predicted molar refractivity (Wildman–Crippen MR) is 115 cm³/mol. The first-order valence-corrected chi connectivity index (χ1v) is 10.2. The van der Waals surface area contributed by atoms with Crippen LogP contribution in [0.3, 0.4) is 0 Å². The van der Waals surface area contributed by atoms with Crippen molar-refractivity contribution in [1.29, 1.82) is 0 Å². The van der Waals surface area contributed by atoms with Crippen LogP contribution in [0.25, 0.3) is 0 Å². The van der Waals surface area contributed by atoms with Crippen molar-refractivity contribution in [2.75, 3.05) is 6.61 Å². The van der Waals surface area contributed by atoms with Crippen molar-refractivity contribution in [3.63, 3.8) is 0 Å². The highest BCUT2D eigenvalue weighted by Crippen LogP contribution is 2.48. The average molecular weight is 405 g/mol. The number of rotatable bonds is 4. The molecule has 29 heavy (non-hydrogen) atoms. The van der Waals surface area contributed by atoms with E-state index in [1.54, 1.807) is 0 Å². The molecule has 2 heterocycles. The summed E-state index contributed by atoms with van der Waals surface area (Å²) < 4.78 is 12.1. The molecule has 0 saturated heterocycles. The molecule has 0 aliphatic carbocycles. The zero-order valence-electron chi connectivity index (χ0n) is 16.1. The second-order valence-corrected chi connectivity index (χ2v) is 7.60. The third-order valence-electron chi connectivity index (χ3n) is 5.33. The summed E-state index contributed by atoms with van der Waals surface area (Å²) >= 11 is 6.10. The van der Waals surface area contributed by atoms with Crippen LogP contribution in [0.2, 0.25) is 5.02 Å². The molecule has 0 radical (unpaired) electrons. The van der Waals surface area contributed by atoms with Gasteiger partial charge in [-0.05, 0) is 42.8 Å². The Labute approximate surface area is 175 Å². The maximum Gasteiger partial charge on any atom is 0.213 e. The Morgan fingerprint density at radius 1 is 1.07 bits per heavy atom. The Balaban J connectivity index is 1.58. The van der Waals surface area contributed by atoms with Crippen molar-refractivity contribution in [1.82, 2.24) is 5.01 Å². The van der Waals surface area contributed by atoms with E-state index in [0.29, 0.717) is 11.6 Å². The molecule has 5 heteroatoms. The molecule has 5 rings (SSSR count). The Hall–Kier alpha value is -2.98. The summed E-state index contributed by atoms with van der Waals surface area (Å²) in [4.78, 5) is 0. The molecular weight excluding hydrogens is 384 g/mol. The molecule has 0 fully saturated rings. The van der Waals surface area contributed by atoms with Gasteiger partial charge < -0.3 is 9.47 Å². The lowest BCUT2D eigenvalue weighted by Gasteiger charge is -2.38. The predicted octanol–water partition coefficient (Wildman–Crippen LogP) is 5.98. The average Bonchev–Trinajstić information content (AvgIpc) is 3.21. The topological polar surface area (TPSA) is 34.1 Å². The lowest BCUT2D eigenvalue weighted by Crippen LogP contribution is -2.33. The number of halogens is 1. The first-order chi connectivity index (χ1) is 14.2. The first-order valence-electron chi connectivity index (χ1n) is 9.83. The van der Waals surface area contributed by atoms with E-state index >= 15 is 0 Å². The number of hydrogen-bond donors (Lipinski definition) is 0. The molecule has 0 N–H and O–H groups in total. The molecule has 3 aromatic carbocycles. The van der Waals surface area contributed by atoms with Gasteiger partial charge in [-0.3, -0.25) is 0 Å². The van der Waals surface area contributed by atoms with Crippen LogP contribution in [-0.2, 0) is 0 Å². The Bertz CT molecular complexity index is 1050. The van der Waals surface area contributed by atoms with E-state index in [1.807, 2.05) is 61.5 Å². The second-order valence-electron chi connectivity index (χ2n) is 7.17. The molecule has 4 nitrogen and oxygen atoms in total. The summed E-state index contributed by atoms with van der Waals surface area (Å²) in [6.45, 7) is 2.62.